The molecular weight excluding hydrogens is 373 g/mol. The molecule has 136 valence electrons. The molecule has 3 aromatic rings. The summed E-state index contributed by atoms with van der Waals surface area (Å²) >= 11 is 12.1. The number of imidazole rings is 1. The van der Waals surface area contributed by atoms with Crippen molar-refractivity contribution in [2.75, 3.05) is 0 Å². The SMILES string of the molecule is C[C@@H](NC(=O)Cc1cn2cc(Cl)cc(Cl)c2n1)[C@H](O)Cc1ccccc1. The molecule has 0 unspecified atom stereocenters. The Labute approximate surface area is 161 Å². The third kappa shape index (κ3) is 4.55. The summed E-state index contributed by atoms with van der Waals surface area (Å²) in [5.41, 5.74) is 2.15. The van der Waals surface area contributed by atoms with Crippen LogP contribution in [0.3, 0.4) is 0 Å². The number of halogens is 2. The summed E-state index contributed by atoms with van der Waals surface area (Å²) in [7, 11) is 0. The Morgan fingerprint density at radius 2 is 2.00 bits per heavy atom. The van der Waals surface area contributed by atoms with E-state index in [2.05, 4.69) is 10.3 Å². The second-order valence-corrected chi connectivity index (χ2v) is 7.10. The summed E-state index contributed by atoms with van der Waals surface area (Å²) in [6, 6.07) is 10.9. The molecule has 1 aromatic carbocycles. The largest absolute Gasteiger partial charge is 0.391 e. The fraction of sp³-hybridized carbons (Fsp3) is 0.263. The van der Waals surface area contributed by atoms with Gasteiger partial charge in [0.15, 0.2) is 5.65 Å². The van der Waals surface area contributed by atoms with E-state index in [1.165, 1.54) is 0 Å². The van der Waals surface area contributed by atoms with Gasteiger partial charge in [0.25, 0.3) is 0 Å². The van der Waals surface area contributed by atoms with Crippen LogP contribution in [0.25, 0.3) is 5.65 Å². The van der Waals surface area contributed by atoms with Gasteiger partial charge in [0, 0.05) is 18.8 Å². The number of pyridine rings is 1. The molecule has 0 aliphatic rings. The first-order valence-corrected chi connectivity index (χ1v) is 9.02. The van der Waals surface area contributed by atoms with E-state index in [4.69, 9.17) is 23.2 Å². The Morgan fingerprint density at radius 3 is 2.73 bits per heavy atom. The lowest BCUT2D eigenvalue weighted by atomic mass is 10.0. The number of aliphatic hydroxyl groups is 1. The van der Waals surface area contributed by atoms with E-state index in [1.807, 2.05) is 30.3 Å². The van der Waals surface area contributed by atoms with E-state index in [-0.39, 0.29) is 18.4 Å². The number of aliphatic hydroxyl groups excluding tert-OH is 1. The number of fused-ring (bicyclic) bond motifs is 1. The first-order chi connectivity index (χ1) is 12.4. The Morgan fingerprint density at radius 1 is 1.27 bits per heavy atom. The van der Waals surface area contributed by atoms with Crippen LogP contribution in [0.15, 0.2) is 48.8 Å². The van der Waals surface area contributed by atoms with Gasteiger partial charge in [-0.3, -0.25) is 4.79 Å². The molecule has 0 radical (unpaired) electrons. The van der Waals surface area contributed by atoms with Gasteiger partial charge >= 0.3 is 0 Å². The number of rotatable bonds is 6. The van der Waals surface area contributed by atoms with E-state index in [9.17, 15) is 9.90 Å². The fourth-order valence-corrected chi connectivity index (χ4v) is 3.29. The van der Waals surface area contributed by atoms with Crippen LogP contribution in [-0.2, 0) is 17.6 Å². The molecular formula is C19H19Cl2N3O2. The lowest BCUT2D eigenvalue weighted by Crippen LogP contribution is -2.42. The molecule has 7 heteroatoms. The highest BCUT2D eigenvalue weighted by Gasteiger charge is 2.18. The van der Waals surface area contributed by atoms with E-state index in [0.717, 1.165) is 5.56 Å². The van der Waals surface area contributed by atoms with Gasteiger partial charge in [-0.1, -0.05) is 53.5 Å². The molecule has 0 spiro atoms. The van der Waals surface area contributed by atoms with Crippen LogP contribution in [0.5, 0.6) is 0 Å². The van der Waals surface area contributed by atoms with Crippen molar-refractivity contribution in [2.24, 2.45) is 0 Å². The predicted octanol–water partition coefficient (Wildman–Crippen LogP) is 3.29. The van der Waals surface area contributed by atoms with Gasteiger partial charge in [0.05, 0.1) is 34.3 Å². The third-order valence-electron chi connectivity index (χ3n) is 4.12. The highest BCUT2D eigenvalue weighted by molar-refractivity contribution is 6.36. The predicted molar refractivity (Wildman–Crippen MR) is 103 cm³/mol. The quantitative estimate of drug-likeness (QED) is 0.677. The number of aromatic nitrogens is 2. The van der Waals surface area contributed by atoms with Gasteiger partial charge in [-0.15, -0.1) is 0 Å². The molecule has 2 heterocycles. The average Bonchev–Trinajstić information content (AvgIpc) is 2.98. The summed E-state index contributed by atoms with van der Waals surface area (Å²) in [6.45, 7) is 1.78. The van der Waals surface area contributed by atoms with Crippen LogP contribution >= 0.6 is 23.2 Å². The zero-order chi connectivity index (χ0) is 18.7. The highest BCUT2D eigenvalue weighted by Crippen LogP contribution is 2.21. The molecule has 0 aliphatic heterocycles. The number of amides is 1. The minimum absolute atomic E-state index is 0.0953. The van der Waals surface area contributed by atoms with Gasteiger partial charge in [0.2, 0.25) is 5.91 Å². The zero-order valence-electron chi connectivity index (χ0n) is 14.2. The molecule has 3 rings (SSSR count). The van der Waals surface area contributed by atoms with E-state index < -0.39 is 6.10 Å². The number of benzene rings is 1. The molecule has 0 bridgehead atoms. The van der Waals surface area contributed by atoms with E-state index in [1.54, 1.807) is 29.8 Å². The Kier molecular flexibility index (Phi) is 5.81. The van der Waals surface area contributed by atoms with Gasteiger partial charge < -0.3 is 14.8 Å². The standard InChI is InChI=1S/C19H19Cl2N3O2/c1-12(17(25)7-13-5-3-2-4-6-13)22-18(26)9-15-11-24-10-14(20)8-16(21)19(24)23-15/h2-6,8,10-12,17,25H,7,9H2,1H3,(H,22,26)/t12-,17-/m1/s1. The topological polar surface area (TPSA) is 66.6 Å². The van der Waals surface area contributed by atoms with Crippen molar-refractivity contribution in [3.63, 3.8) is 0 Å². The molecule has 2 N–H and O–H groups in total. The van der Waals surface area contributed by atoms with Crippen LogP contribution in [0.1, 0.15) is 18.2 Å². The third-order valence-corrected chi connectivity index (χ3v) is 4.60. The van der Waals surface area contributed by atoms with Crippen molar-refractivity contribution in [1.29, 1.82) is 0 Å². The second-order valence-electron chi connectivity index (χ2n) is 6.26. The zero-order valence-corrected chi connectivity index (χ0v) is 15.7. The molecule has 1 amide bonds. The second kappa shape index (κ2) is 8.08. The van der Waals surface area contributed by atoms with Crippen LogP contribution in [0.2, 0.25) is 10.0 Å². The van der Waals surface area contributed by atoms with Crippen molar-refractivity contribution < 1.29 is 9.90 Å². The number of carbonyl (C=O) groups is 1. The van der Waals surface area contributed by atoms with E-state index in [0.29, 0.717) is 27.8 Å². The first-order valence-electron chi connectivity index (χ1n) is 8.26. The van der Waals surface area contributed by atoms with Crippen molar-refractivity contribution in [3.8, 4) is 0 Å². The maximum Gasteiger partial charge on any atom is 0.226 e. The van der Waals surface area contributed by atoms with Crippen LogP contribution in [0.4, 0.5) is 0 Å². The first kappa shape index (κ1) is 18.7. The minimum Gasteiger partial charge on any atom is -0.391 e. The molecule has 0 saturated heterocycles. The van der Waals surface area contributed by atoms with Crippen LogP contribution in [0, 0.1) is 0 Å². The number of nitrogens with zero attached hydrogens (tertiary/aromatic N) is 2. The Balaban J connectivity index is 1.60. The van der Waals surface area contributed by atoms with Crippen molar-refractivity contribution in [2.45, 2.75) is 31.9 Å². The number of hydrogen-bond acceptors (Lipinski definition) is 3. The molecule has 5 nitrogen and oxygen atoms in total. The molecule has 0 saturated carbocycles. The summed E-state index contributed by atoms with van der Waals surface area (Å²) in [5.74, 6) is -0.213. The summed E-state index contributed by atoms with van der Waals surface area (Å²) in [4.78, 5) is 16.6. The fourth-order valence-electron chi connectivity index (χ4n) is 2.76. The monoisotopic (exact) mass is 391 g/mol. The molecule has 2 aromatic heterocycles. The maximum atomic E-state index is 12.3. The number of carbonyl (C=O) groups excluding carboxylic acids is 1. The summed E-state index contributed by atoms with van der Waals surface area (Å²) in [6.07, 6.45) is 3.31. The minimum atomic E-state index is -0.671. The van der Waals surface area contributed by atoms with Crippen molar-refractivity contribution >= 4 is 34.8 Å². The van der Waals surface area contributed by atoms with Crippen molar-refractivity contribution in [3.05, 3.63) is 70.1 Å². The normalized spacial score (nSPS) is 13.5. The van der Waals surface area contributed by atoms with Gasteiger partial charge in [-0.05, 0) is 18.6 Å². The van der Waals surface area contributed by atoms with Gasteiger partial charge in [0.1, 0.15) is 0 Å². The van der Waals surface area contributed by atoms with E-state index >= 15 is 0 Å². The number of hydrogen-bond donors (Lipinski definition) is 2. The Bertz CT molecular complexity index is 912. The smallest absolute Gasteiger partial charge is 0.226 e. The molecule has 0 aliphatic carbocycles. The maximum absolute atomic E-state index is 12.3. The van der Waals surface area contributed by atoms with Crippen LogP contribution in [-0.4, -0.2) is 32.5 Å². The summed E-state index contributed by atoms with van der Waals surface area (Å²) in [5, 5.41) is 14.0. The highest BCUT2D eigenvalue weighted by atomic mass is 35.5. The van der Waals surface area contributed by atoms with Gasteiger partial charge in [-0.2, -0.15) is 0 Å². The Hall–Kier alpha value is -2.08. The molecule has 26 heavy (non-hydrogen) atoms. The van der Waals surface area contributed by atoms with Crippen molar-refractivity contribution in [1.82, 2.24) is 14.7 Å². The average molecular weight is 392 g/mol. The lowest BCUT2D eigenvalue weighted by molar-refractivity contribution is -0.121. The van der Waals surface area contributed by atoms with Gasteiger partial charge in [-0.25, -0.2) is 4.98 Å². The molecule has 2 atom stereocenters. The number of nitrogens with one attached hydrogen (secondary N) is 1. The molecule has 0 fully saturated rings. The van der Waals surface area contributed by atoms with Crippen LogP contribution < -0.4 is 5.32 Å². The summed E-state index contributed by atoms with van der Waals surface area (Å²) < 4.78 is 1.70. The lowest BCUT2D eigenvalue weighted by Gasteiger charge is -2.20.